The van der Waals surface area contributed by atoms with Crippen LogP contribution in [0.25, 0.3) is 0 Å². The maximum Gasteiger partial charge on any atom is 0.337 e. The highest BCUT2D eigenvalue weighted by Gasteiger charge is 2.36. The number of carbonyl (C=O) groups is 1. The smallest absolute Gasteiger partial charge is 0.337 e. The van der Waals surface area contributed by atoms with Crippen molar-refractivity contribution in [2.45, 2.75) is 6.04 Å². The Morgan fingerprint density at radius 1 is 0.970 bits per heavy atom. The Labute approximate surface area is 191 Å². The van der Waals surface area contributed by atoms with Gasteiger partial charge in [-0.05, 0) is 54.6 Å². The Kier molecular flexibility index (Phi) is 6.22. The minimum atomic E-state index is -0.515. The van der Waals surface area contributed by atoms with Crippen LogP contribution in [0.3, 0.4) is 0 Å². The molecule has 0 aromatic heterocycles. The van der Waals surface area contributed by atoms with Crippen LogP contribution in [0.2, 0.25) is 0 Å². The molecule has 7 heteroatoms. The highest BCUT2D eigenvalue weighted by molar-refractivity contribution is 6.07. The molecule has 0 amide bonds. The van der Waals surface area contributed by atoms with Crippen LogP contribution in [-0.4, -0.2) is 24.6 Å². The predicted octanol–water partition coefficient (Wildman–Crippen LogP) is 2.28. The number of rotatable bonds is 6. The molecule has 0 spiro atoms. The molecule has 0 radical (unpaired) electrons. The van der Waals surface area contributed by atoms with E-state index in [4.69, 9.17) is 26.4 Å². The second-order valence-corrected chi connectivity index (χ2v) is 7.67. The number of para-hydroxylation sites is 1. The molecule has 2 unspecified atom stereocenters. The van der Waals surface area contributed by atoms with E-state index < -0.39 is 11.9 Å². The van der Waals surface area contributed by atoms with Crippen molar-refractivity contribution in [2.24, 2.45) is 17.4 Å². The number of ether oxygens (including phenoxy) is 2. The van der Waals surface area contributed by atoms with Crippen LogP contribution in [0, 0.1) is 11.3 Å². The number of amidine groups is 1. The molecule has 0 aliphatic carbocycles. The molecular weight excluding hydrogens is 416 g/mol. The average Bonchev–Trinajstić information content (AvgIpc) is 2.84. The maximum atomic E-state index is 12.0. The van der Waals surface area contributed by atoms with E-state index in [1.165, 1.54) is 7.11 Å². The molecule has 2 atom stereocenters. The van der Waals surface area contributed by atoms with Gasteiger partial charge < -0.3 is 20.9 Å². The summed E-state index contributed by atoms with van der Waals surface area (Å²) >= 11 is 0. The summed E-state index contributed by atoms with van der Waals surface area (Å²) in [6.07, 6.45) is 1.76. The van der Waals surface area contributed by atoms with Crippen LogP contribution in [0.1, 0.15) is 27.5 Å². The summed E-state index contributed by atoms with van der Waals surface area (Å²) in [4.78, 5) is 15.4. The van der Waals surface area contributed by atoms with E-state index in [0.29, 0.717) is 17.0 Å². The highest BCUT2D eigenvalue weighted by Crippen LogP contribution is 2.28. The van der Waals surface area contributed by atoms with E-state index >= 15 is 0 Å². The van der Waals surface area contributed by atoms with Crippen molar-refractivity contribution in [1.29, 1.82) is 5.41 Å². The van der Waals surface area contributed by atoms with Gasteiger partial charge in [-0.15, -0.1) is 0 Å². The van der Waals surface area contributed by atoms with Crippen LogP contribution in [0.4, 0.5) is 0 Å². The minimum absolute atomic E-state index is 0.0341. The normalized spacial score (nSPS) is 17.5. The van der Waals surface area contributed by atoms with Gasteiger partial charge in [-0.1, -0.05) is 24.3 Å². The molecule has 33 heavy (non-hydrogen) atoms. The third kappa shape index (κ3) is 4.77. The third-order valence-corrected chi connectivity index (χ3v) is 5.46. The van der Waals surface area contributed by atoms with Gasteiger partial charge in [0, 0.05) is 22.9 Å². The van der Waals surface area contributed by atoms with E-state index in [2.05, 4.69) is 4.99 Å². The number of carbonyl (C=O) groups excluding carboxylic acids is 1. The van der Waals surface area contributed by atoms with E-state index in [9.17, 15) is 4.79 Å². The first-order valence-electron chi connectivity index (χ1n) is 10.4. The molecule has 166 valence electrons. The van der Waals surface area contributed by atoms with Crippen molar-refractivity contribution >= 4 is 17.5 Å². The van der Waals surface area contributed by atoms with Gasteiger partial charge in [0.2, 0.25) is 5.71 Å². The van der Waals surface area contributed by atoms with Crippen molar-refractivity contribution in [3.63, 3.8) is 0 Å². The number of hydrogen-bond donors (Lipinski definition) is 4. The summed E-state index contributed by atoms with van der Waals surface area (Å²) in [7, 11) is 1.34. The van der Waals surface area contributed by atoms with E-state index in [1.54, 1.807) is 24.3 Å². The van der Waals surface area contributed by atoms with Crippen LogP contribution >= 0.6 is 0 Å². The molecule has 0 bridgehead atoms. The summed E-state index contributed by atoms with van der Waals surface area (Å²) in [6.45, 7) is 0. The second-order valence-electron chi connectivity index (χ2n) is 7.67. The molecule has 1 aliphatic heterocycles. The minimum Gasteiger partial charge on any atom is -0.465 e. The number of nitrogens with one attached hydrogen (secondary N) is 2. The lowest BCUT2D eigenvalue weighted by molar-refractivity contribution is -0.515. The summed E-state index contributed by atoms with van der Waals surface area (Å²) in [6, 6.07) is 23.8. The Balaban J connectivity index is 1.67. The Morgan fingerprint density at radius 2 is 1.67 bits per heavy atom. The van der Waals surface area contributed by atoms with E-state index in [0.717, 1.165) is 22.6 Å². The maximum absolute atomic E-state index is 12.0. The summed E-state index contributed by atoms with van der Waals surface area (Å²) < 4.78 is 10.7. The van der Waals surface area contributed by atoms with Gasteiger partial charge >= 0.3 is 5.97 Å². The Hall–Kier alpha value is -4.39. The largest absolute Gasteiger partial charge is 0.465 e. The molecule has 0 saturated carbocycles. The fourth-order valence-corrected chi connectivity index (χ4v) is 3.84. The predicted molar refractivity (Wildman–Crippen MR) is 126 cm³/mol. The van der Waals surface area contributed by atoms with Gasteiger partial charge in [0.15, 0.2) is 6.04 Å². The lowest BCUT2D eigenvalue weighted by Gasteiger charge is -2.24. The zero-order valence-electron chi connectivity index (χ0n) is 18.1. The Bertz CT molecular complexity index is 1230. The summed E-state index contributed by atoms with van der Waals surface area (Å²) in [5.41, 5.74) is 15.6. The van der Waals surface area contributed by atoms with Gasteiger partial charge in [0.25, 0.3) is 0 Å². The highest BCUT2D eigenvalue weighted by atomic mass is 16.5. The number of benzene rings is 3. The quantitative estimate of drug-likeness (QED) is 0.265. The molecule has 7 nitrogen and oxygen atoms in total. The van der Waals surface area contributed by atoms with Gasteiger partial charge in [-0.3, -0.25) is 5.41 Å². The standard InChI is InChI=1S/C26H24N4O3/c1-32-26(31)18-7-5-6-17(14-18)22-15-21(27)23(25(28)29)24(30-22)16-10-12-20(13-11-16)33-19-8-3-2-4-9-19/h2-15,23-24H,27H2,1H3,(H3,28,29)/p+1. The molecule has 0 fully saturated rings. The van der Waals surface area contributed by atoms with Gasteiger partial charge in [0.05, 0.1) is 12.7 Å². The number of allylic oxidation sites excluding steroid dienone is 1. The molecular formula is C26H25N4O3+. The van der Waals surface area contributed by atoms with E-state index in [1.807, 2.05) is 60.7 Å². The van der Waals surface area contributed by atoms with E-state index in [-0.39, 0.29) is 11.9 Å². The lowest BCUT2D eigenvalue weighted by atomic mass is 9.86. The SMILES string of the molecule is COC(=O)c1cccc(C2=[NH+]C(c3ccc(Oc4ccccc4)cc3)C(C(=N)N)C(N)=C2)c1. The van der Waals surface area contributed by atoms with Crippen LogP contribution in [0.5, 0.6) is 11.5 Å². The number of nitrogens with two attached hydrogens (primary N) is 2. The first-order chi connectivity index (χ1) is 16.0. The first-order valence-corrected chi connectivity index (χ1v) is 10.4. The van der Waals surface area contributed by atoms with Crippen molar-refractivity contribution in [3.8, 4) is 11.5 Å². The van der Waals surface area contributed by atoms with Crippen molar-refractivity contribution in [1.82, 2.24) is 0 Å². The second kappa shape index (κ2) is 9.40. The summed E-state index contributed by atoms with van der Waals surface area (Å²) in [5, 5.41) is 8.10. The number of hydrogen-bond acceptors (Lipinski definition) is 5. The third-order valence-electron chi connectivity index (χ3n) is 5.46. The zero-order chi connectivity index (χ0) is 23.4. The molecule has 6 N–H and O–H groups in total. The molecule has 3 aromatic carbocycles. The summed E-state index contributed by atoms with van der Waals surface area (Å²) in [5.74, 6) is 0.471. The fourth-order valence-electron chi connectivity index (χ4n) is 3.84. The van der Waals surface area contributed by atoms with Gasteiger partial charge in [-0.25, -0.2) is 9.79 Å². The van der Waals surface area contributed by atoms with Crippen LogP contribution < -0.4 is 21.2 Å². The molecule has 3 aromatic rings. The van der Waals surface area contributed by atoms with Gasteiger partial charge in [-0.2, -0.15) is 0 Å². The zero-order valence-corrected chi connectivity index (χ0v) is 18.1. The van der Waals surface area contributed by atoms with Gasteiger partial charge in [0.1, 0.15) is 23.3 Å². The molecule has 1 aliphatic rings. The van der Waals surface area contributed by atoms with Crippen molar-refractivity contribution < 1.29 is 19.3 Å². The Morgan fingerprint density at radius 3 is 2.33 bits per heavy atom. The molecule has 1 heterocycles. The van der Waals surface area contributed by atoms with Crippen molar-refractivity contribution in [2.75, 3.05) is 7.11 Å². The average molecular weight is 442 g/mol. The first kappa shape index (κ1) is 21.8. The number of esters is 1. The van der Waals surface area contributed by atoms with Crippen molar-refractivity contribution in [3.05, 3.63) is 107 Å². The molecule has 0 saturated heterocycles. The fraction of sp³-hybridized carbons (Fsp3) is 0.115. The lowest BCUT2D eigenvalue weighted by Crippen LogP contribution is -2.79. The number of methoxy groups -OCH3 is 1. The monoisotopic (exact) mass is 441 g/mol. The van der Waals surface area contributed by atoms with Crippen LogP contribution in [0.15, 0.2) is 90.6 Å². The van der Waals surface area contributed by atoms with Crippen LogP contribution in [-0.2, 0) is 4.74 Å². The molecule has 4 rings (SSSR count). The topological polar surface area (TPSA) is 125 Å².